The maximum atomic E-state index is 10.5. The fourth-order valence-electron chi connectivity index (χ4n) is 2.12. The molecule has 0 unspecified atom stereocenters. The molecule has 5 heteroatoms. The number of hydrogen-bond acceptors (Lipinski definition) is 4. The first-order valence-electron chi connectivity index (χ1n) is 6.69. The van der Waals surface area contributed by atoms with Crippen LogP contribution in [-0.2, 0) is 6.54 Å². The standard InChI is InChI=1S/C15H19N3O2/c1-11(2)15-5-4-14(8-12(15)3)20-7-6-18-9-13(10-19)16-17-18/h4-5,8-11H,6-7H2,1-3H3. The van der Waals surface area contributed by atoms with E-state index < -0.39 is 0 Å². The number of carbonyl (C=O) groups excluding carboxylic acids is 1. The minimum absolute atomic E-state index is 0.335. The number of benzene rings is 1. The zero-order valence-corrected chi connectivity index (χ0v) is 12.0. The van der Waals surface area contributed by atoms with Crippen LogP contribution in [0.1, 0.15) is 41.4 Å². The molecule has 0 radical (unpaired) electrons. The molecule has 0 fully saturated rings. The third kappa shape index (κ3) is 3.44. The van der Waals surface area contributed by atoms with Crippen LogP contribution in [0.2, 0.25) is 0 Å². The van der Waals surface area contributed by atoms with E-state index in [4.69, 9.17) is 4.74 Å². The van der Waals surface area contributed by atoms with Crippen molar-refractivity contribution in [2.45, 2.75) is 33.2 Å². The van der Waals surface area contributed by atoms with Gasteiger partial charge in [0, 0.05) is 0 Å². The van der Waals surface area contributed by atoms with E-state index in [-0.39, 0.29) is 0 Å². The molecule has 0 N–H and O–H groups in total. The summed E-state index contributed by atoms with van der Waals surface area (Å²) in [6.07, 6.45) is 2.28. The lowest BCUT2D eigenvalue weighted by atomic mass is 9.98. The number of aromatic nitrogens is 3. The van der Waals surface area contributed by atoms with Gasteiger partial charge >= 0.3 is 0 Å². The molecule has 0 saturated carbocycles. The van der Waals surface area contributed by atoms with Crippen LogP contribution in [0.25, 0.3) is 0 Å². The van der Waals surface area contributed by atoms with Gasteiger partial charge in [0.15, 0.2) is 6.29 Å². The van der Waals surface area contributed by atoms with Gasteiger partial charge in [-0.2, -0.15) is 0 Å². The minimum atomic E-state index is 0.335. The normalized spacial score (nSPS) is 10.8. The summed E-state index contributed by atoms with van der Waals surface area (Å²) < 4.78 is 7.29. The van der Waals surface area contributed by atoms with Crippen LogP contribution < -0.4 is 4.74 Å². The Bertz CT molecular complexity index is 591. The van der Waals surface area contributed by atoms with Crippen LogP contribution in [0.5, 0.6) is 5.75 Å². The van der Waals surface area contributed by atoms with Gasteiger partial charge in [0.1, 0.15) is 18.1 Å². The molecule has 20 heavy (non-hydrogen) atoms. The van der Waals surface area contributed by atoms with E-state index in [1.165, 1.54) is 11.1 Å². The van der Waals surface area contributed by atoms with Crippen LogP contribution in [0.15, 0.2) is 24.4 Å². The fraction of sp³-hybridized carbons (Fsp3) is 0.400. The van der Waals surface area contributed by atoms with Gasteiger partial charge in [-0.3, -0.25) is 4.79 Å². The van der Waals surface area contributed by atoms with Crippen molar-refractivity contribution in [3.8, 4) is 5.75 Å². The van der Waals surface area contributed by atoms with Crippen molar-refractivity contribution in [3.05, 3.63) is 41.2 Å². The molecular formula is C15H19N3O2. The third-order valence-electron chi connectivity index (χ3n) is 3.13. The van der Waals surface area contributed by atoms with Gasteiger partial charge in [0.2, 0.25) is 0 Å². The number of hydrogen-bond donors (Lipinski definition) is 0. The predicted molar refractivity (Wildman–Crippen MR) is 76.2 cm³/mol. The smallest absolute Gasteiger partial charge is 0.171 e. The van der Waals surface area contributed by atoms with Gasteiger partial charge in [-0.05, 0) is 36.1 Å². The Balaban J connectivity index is 1.91. The summed E-state index contributed by atoms with van der Waals surface area (Å²) in [6.45, 7) is 7.50. The molecule has 0 spiro atoms. The Morgan fingerprint density at radius 3 is 2.80 bits per heavy atom. The molecule has 1 aromatic carbocycles. The van der Waals surface area contributed by atoms with Crippen molar-refractivity contribution in [1.29, 1.82) is 0 Å². The lowest BCUT2D eigenvalue weighted by Crippen LogP contribution is -2.09. The lowest BCUT2D eigenvalue weighted by Gasteiger charge is -2.12. The zero-order chi connectivity index (χ0) is 14.5. The zero-order valence-electron chi connectivity index (χ0n) is 12.0. The van der Waals surface area contributed by atoms with Crippen molar-refractivity contribution < 1.29 is 9.53 Å². The molecule has 0 saturated heterocycles. The highest BCUT2D eigenvalue weighted by molar-refractivity contribution is 5.70. The van der Waals surface area contributed by atoms with Gasteiger partial charge in [-0.1, -0.05) is 25.1 Å². The molecule has 0 aliphatic heterocycles. The summed E-state index contributed by atoms with van der Waals surface area (Å²) in [6, 6.07) is 6.14. The first kappa shape index (κ1) is 14.2. The molecule has 0 atom stereocenters. The summed E-state index contributed by atoms with van der Waals surface area (Å²) in [7, 11) is 0. The Labute approximate surface area is 118 Å². The molecule has 0 amide bonds. The molecule has 5 nitrogen and oxygen atoms in total. The number of rotatable bonds is 6. The van der Waals surface area contributed by atoms with Gasteiger partial charge in [0.05, 0.1) is 12.7 Å². The minimum Gasteiger partial charge on any atom is -0.492 e. The molecule has 0 aliphatic carbocycles. The molecule has 2 rings (SSSR count). The van der Waals surface area contributed by atoms with Crippen molar-refractivity contribution in [2.24, 2.45) is 0 Å². The van der Waals surface area contributed by atoms with E-state index in [1.54, 1.807) is 10.9 Å². The van der Waals surface area contributed by atoms with Crippen molar-refractivity contribution in [2.75, 3.05) is 6.61 Å². The van der Waals surface area contributed by atoms with Crippen LogP contribution in [0.3, 0.4) is 0 Å². The van der Waals surface area contributed by atoms with Crippen molar-refractivity contribution in [1.82, 2.24) is 15.0 Å². The van der Waals surface area contributed by atoms with E-state index in [0.29, 0.717) is 31.0 Å². The third-order valence-corrected chi connectivity index (χ3v) is 3.13. The van der Waals surface area contributed by atoms with Crippen LogP contribution in [0.4, 0.5) is 0 Å². The molecule has 1 heterocycles. The van der Waals surface area contributed by atoms with E-state index in [9.17, 15) is 4.79 Å². The molecule has 1 aromatic heterocycles. The highest BCUT2D eigenvalue weighted by Crippen LogP contribution is 2.23. The van der Waals surface area contributed by atoms with Gasteiger partial charge in [-0.25, -0.2) is 4.68 Å². The summed E-state index contributed by atoms with van der Waals surface area (Å²) in [4.78, 5) is 10.5. The van der Waals surface area contributed by atoms with Gasteiger partial charge < -0.3 is 4.74 Å². The number of nitrogens with zero attached hydrogens (tertiary/aromatic N) is 3. The molecule has 0 bridgehead atoms. The van der Waals surface area contributed by atoms with E-state index in [2.05, 4.69) is 37.1 Å². The van der Waals surface area contributed by atoms with Gasteiger partial charge in [-0.15, -0.1) is 5.10 Å². The first-order chi connectivity index (χ1) is 9.60. The van der Waals surface area contributed by atoms with Crippen molar-refractivity contribution >= 4 is 6.29 Å². The molecule has 0 aliphatic rings. The average Bonchev–Trinajstić information content (AvgIpc) is 2.86. The van der Waals surface area contributed by atoms with Crippen LogP contribution >= 0.6 is 0 Å². The Kier molecular flexibility index (Phi) is 4.50. The number of aldehydes is 1. The predicted octanol–water partition coefficient (Wildman–Crippen LogP) is 2.60. The summed E-state index contributed by atoms with van der Waals surface area (Å²) in [5.41, 5.74) is 2.91. The Hall–Kier alpha value is -2.17. The number of aryl methyl sites for hydroxylation is 1. The second-order valence-electron chi connectivity index (χ2n) is 5.05. The molecule has 106 valence electrons. The first-order valence-corrected chi connectivity index (χ1v) is 6.69. The summed E-state index contributed by atoms with van der Waals surface area (Å²) in [5, 5.41) is 7.52. The van der Waals surface area contributed by atoms with Crippen LogP contribution in [0, 0.1) is 6.92 Å². The van der Waals surface area contributed by atoms with E-state index >= 15 is 0 Å². The topological polar surface area (TPSA) is 57.0 Å². The maximum absolute atomic E-state index is 10.5. The van der Waals surface area contributed by atoms with Crippen LogP contribution in [-0.4, -0.2) is 27.9 Å². The SMILES string of the molecule is Cc1cc(OCCn2cc(C=O)nn2)ccc1C(C)C. The van der Waals surface area contributed by atoms with Crippen molar-refractivity contribution in [3.63, 3.8) is 0 Å². The maximum Gasteiger partial charge on any atom is 0.171 e. The van der Waals surface area contributed by atoms with Gasteiger partial charge in [0.25, 0.3) is 0 Å². The quantitative estimate of drug-likeness (QED) is 0.759. The lowest BCUT2D eigenvalue weighted by molar-refractivity contribution is 0.111. The second kappa shape index (κ2) is 6.32. The highest BCUT2D eigenvalue weighted by atomic mass is 16.5. The second-order valence-corrected chi connectivity index (χ2v) is 5.05. The van der Waals surface area contributed by atoms with E-state index in [0.717, 1.165) is 5.75 Å². The Morgan fingerprint density at radius 2 is 2.20 bits per heavy atom. The summed E-state index contributed by atoms with van der Waals surface area (Å²) in [5.74, 6) is 1.36. The monoisotopic (exact) mass is 273 g/mol. The number of ether oxygens (including phenoxy) is 1. The fourth-order valence-corrected chi connectivity index (χ4v) is 2.12. The molecule has 2 aromatic rings. The average molecular weight is 273 g/mol. The molecular weight excluding hydrogens is 254 g/mol. The van der Waals surface area contributed by atoms with E-state index in [1.807, 2.05) is 12.1 Å². The largest absolute Gasteiger partial charge is 0.492 e. The summed E-state index contributed by atoms with van der Waals surface area (Å²) >= 11 is 0. The number of carbonyl (C=O) groups is 1. The Morgan fingerprint density at radius 1 is 1.40 bits per heavy atom. The highest BCUT2D eigenvalue weighted by Gasteiger charge is 2.05.